The number of carbonyl (C=O) groups excluding carboxylic acids is 1. The molecule has 3 N–H and O–H groups in total. The van der Waals surface area contributed by atoms with E-state index < -0.39 is 28.3 Å². The normalized spacial score (nSPS) is 10.9. The van der Waals surface area contributed by atoms with Crippen LogP contribution in [0.5, 0.6) is 0 Å². The van der Waals surface area contributed by atoms with Crippen molar-refractivity contribution in [3.8, 4) is 0 Å². The zero-order valence-corrected chi connectivity index (χ0v) is 14.8. The van der Waals surface area contributed by atoms with Crippen molar-refractivity contribution in [3.63, 3.8) is 0 Å². The summed E-state index contributed by atoms with van der Waals surface area (Å²) in [5.74, 6) is -1.38. The van der Waals surface area contributed by atoms with Crippen molar-refractivity contribution in [3.05, 3.63) is 76.4 Å². The minimum Gasteiger partial charge on any atom is -0.334 e. The van der Waals surface area contributed by atoms with Crippen LogP contribution in [0, 0.1) is 10.1 Å². The SMILES string of the molecule is O=C(NNc1ncnc(Nc2cccc(C(F)(F)F)c2)c1[N+](=O)[O-])c1cccnc1. The van der Waals surface area contributed by atoms with E-state index in [-0.39, 0.29) is 22.9 Å². The first-order valence-electron chi connectivity index (χ1n) is 8.16. The van der Waals surface area contributed by atoms with Crippen molar-refractivity contribution in [2.24, 2.45) is 0 Å². The number of carbonyl (C=O) groups is 1. The number of anilines is 3. The molecule has 154 valence electrons. The molecule has 3 rings (SSSR count). The lowest BCUT2D eigenvalue weighted by Gasteiger charge is -2.12. The van der Waals surface area contributed by atoms with Crippen LogP contribution in [-0.2, 0) is 6.18 Å². The first-order chi connectivity index (χ1) is 14.3. The Morgan fingerprint density at radius 1 is 1.10 bits per heavy atom. The fourth-order valence-corrected chi connectivity index (χ4v) is 2.33. The average Bonchev–Trinajstić information content (AvgIpc) is 2.72. The van der Waals surface area contributed by atoms with Crippen LogP contribution in [-0.4, -0.2) is 25.8 Å². The minimum atomic E-state index is -4.58. The highest BCUT2D eigenvalue weighted by atomic mass is 19.4. The van der Waals surface area contributed by atoms with E-state index in [1.165, 1.54) is 30.6 Å². The average molecular weight is 419 g/mol. The molecule has 0 unspecified atom stereocenters. The van der Waals surface area contributed by atoms with Crippen molar-refractivity contribution >= 4 is 28.9 Å². The second kappa shape index (κ2) is 8.38. The summed E-state index contributed by atoms with van der Waals surface area (Å²) in [4.78, 5) is 34.0. The van der Waals surface area contributed by atoms with Gasteiger partial charge < -0.3 is 5.32 Å². The predicted molar refractivity (Wildman–Crippen MR) is 98.7 cm³/mol. The molecule has 0 fully saturated rings. The molecule has 13 heteroatoms. The smallest absolute Gasteiger partial charge is 0.334 e. The Balaban J connectivity index is 1.85. The topological polar surface area (TPSA) is 135 Å². The lowest BCUT2D eigenvalue weighted by molar-refractivity contribution is -0.383. The maximum Gasteiger partial charge on any atom is 0.416 e. The van der Waals surface area contributed by atoms with Crippen LogP contribution < -0.4 is 16.2 Å². The van der Waals surface area contributed by atoms with Gasteiger partial charge in [0.25, 0.3) is 5.91 Å². The number of hydrogen-bond acceptors (Lipinski definition) is 8. The quantitative estimate of drug-likeness (QED) is 0.409. The van der Waals surface area contributed by atoms with Crippen LogP contribution >= 0.6 is 0 Å². The van der Waals surface area contributed by atoms with Gasteiger partial charge in [0, 0.05) is 18.1 Å². The summed E-state index contributed by atoms with van der Waals surface area (Å²) in [7, 11) is 0. The summed E-state index contributed by atoms with van der Waals surface area (Å²) < 4.78 is 38.6. The first-order valence-corrected chi connectivity index (χ1v) is 8.16. The third-order valence-electron chi connectivity index (χ3n) is 3.68. The number of halogens is 3. The highest BCUT2D eigenvalue weighted by molar-refractivity contribution is 5.94. The summed E-state index contributed by atoms with van der Waals surface area (Å²) in [5, 5.41) is 14.0. The number of nitrogens with one attached hydrogen (secondary N) is 3. The largest absolute Gasteiger partial charge is 0.416 e. The number of nitro groups is 1. The molecule has 0 spiro atoms. The van der Waals surface area contributed by atoms with Crippen molar-refractivity contribution < 1.29 is 22.9 Å². The van der Waals surface area contributed by atoms with E-state index in [1.54, 1.807) is 0 Å². The van der Waals surface area contributed by atoms with Gasteiger partial charge in [-0.25, -0.2) is 9.97 Å². The highest BCUT2D eigenvalue weighted by Gasteiger charge is 2.31. The molecule has 0 aliphatic rings. The number of aromatic nitrogens is 3. The van der Waals surface area contributed by atoms with Gasteiger partial charge in [0.1, 0.15) is 6.33 Å². The van der Waals surface area contributed by atoms with E-state index in [4.69, 9.17) is 0 Å². The van der Waals surface area contributed by atoms with E-state index in [2.05, 4.69) is 31.1 Å². The summed E-state index contributed by atoms with van der Waals surface area (Å²) in [6, 6.07) is 7.08. The molecule has 0 aliphatic carbocycles. The number of amides is 1. The Kier molecular flexibility index (Phi) is 5.71. The molecule has 0 saturated heterocycles. The van der Waals surface area contributed by atoms with E-state index in [0.717, 1.165) is 24.5 Å². The maximum absolute atomic E-state index is 12.9. The number of pyridine rings is 1. The first kappa shape index (κ1) is 20.4. The minimum absolute atomic E-state index is 0.0722. The molecule has 0 radical (unpaired) electrons. The van der Waals surface area contributed by atoms with Crippen LogP contribution in [0.3, 0.4) is 0 Å². The molecule has 10 nitrogen and oxygen atoms in total. The number of rotatable bonds is 6. The molecule has 0 atom stereocenters. The van der Waals surface area contributed by atoms with Crippen LogP contribution in [0.4, 0.5) is 36.2 Å². The second-order valence-electron chi connectivity index (χ2n) is 5.70. The number of hydrogen-bond donors (Lipinski definition) is 3. The Hall–Kier alpha value is -4.29. The number of alkyl halides is 3. The molecule has 30 heavy (non-hydrogen) atoms. The number of benzene rings is 1. The van der Waals surface area contributed by atoms with Gasteiger partial charge in [-0.2, -0.15) is 13.2 Å². The van der Waals surface area contributed by atoms with Gasteiger partial charge in [0.15, 0.2) is 0 Å². The Labute approximate surface area is 166 Å². The van der Waals surface area contributed by atoms with Crippen LogP contribution in [0.15, 0.2) is 55.1 Å². The number of hydrazine groups is 1. The fraction of sp³-hybridized carbons (Fsp3) is 0.0588. The summed E-state index contributed by atoms with van der Waals surface area (Å²) >= 11 is 0. The van der Waals surface area contributed by atoms with Gasteiger partial charge in [-0.3, -0.25) is 30.7 Å². The second-order valence-corrected chi connectivity index (χ2v) is 5.70. The van der Waals surface area contributed by atoms with Gasteiger partial charge in [-0.05, 0) is 30.3 Å². The molecule has 0 aliphatic heterocycles. The summed E-state index contributed by atoms with van der Waals surface area (Å²) in [6.45, 7) is 0. The monoisotopic (exact) mass is 419 g/mol. The van der Waals surface area contributed by atoms with E-state index >= 15 is 0 Å². The van der Waals surface area contributed by atoms with Crippen molar-refractivity contribution in [2.75, 3.05) is 10.7 Å². The van der Waals surface area contributed by atoms with Crippen LogP contribution in [0.1, 0.15) is 15.9 Å². The van der Waals surface area contributed by atoms with Gasteiger partial charge in [0.2, 0.25) is 11.6 Å². The van der Waals surface area contributed by atoms with Crippen LogP contribution in [0.25, 0.3) is 0 Å². The maximum atomic E-state index is 12.9. The molecule has 1 aromatic carbocycles. The highest BCUT2D eigenvalue weighted by Crippen LogP contribution is 2.34. The van der Waals surface area contributed by atoms with Crippen molar-refractivity contribution in [1.29, 1.82) is 0 Å². The summed E-state index contributed by atoms with van der Waals surface area (Å²) in [5.41, 5.74) is 3.04. The predicted octanol–water partition coefficient (Wildman–Crippen LogP) is 3.30. The van der Waals surface area contributed by atoms with E-state index in [0.29, 0.717) is 0 Å². The van der Waals surface area contributed by atoms with Gasteiger partial charge in [-0.15, -0.1) is 0 Å². The lowest BCUT2D eigenvalue weighted by Crippen LogP contribution is -2.30. The Bertz CT molecular complexity index is 1080. The fourth-order valence-electron chi connectivity index (χ4n) is 2.33. The molecular weight excluding hydrogens is 407 g/mol. The Morgan fingerprint density at radius 2 is 1.87 bits per heavy atom. The summed E-state index contributed by atoms with van der Waals surface area (Å²) in [6.07, 6.45) is -0.892. The standard InChI is InChI=1S/C17H12F3N7O3/c18-17(19,20)11-4-1-5-12(7-11)24-14-13(27(29)30)15(23-9-22-14)25-26-16(28)10-3-2-6-21-8-10/h1-9H,(H,26,28)(H2,22,23,24,25). The molecule has 2 aromatic heterocycles. The molecule has 2 heterocycles. The molecule has 1 amide bonds. The third kappa shape index (κ3) is 4.76. The van der Waals surface area contributed by atoms with Crippen molar-refractivity contribution in [1.82, 2.24) is 20.4 Å². The van der Waals surface area contributed by atoms with Gasteiger partial charge >= 0.3 is 11.9 Å². The van der Waals surface area contributed by atoms with Gasteiger partial charge in [0.05, 0.1) is 16.1 Å². The molecular formula is C17H12F3N7O3. The van der Waals surface area contributed by atoms with E-state index in [1.807, 2.05) is 0 Å². The molecule has 0 saturated carbocycles. The zero-order chi connectivity index (χ0) is 21.7. The van der Waals surface area contributed by atoms with E-state index in [9.17, 15) is 28.1 Å². The lowest BCUT2D eigenvalue weighted by atomic mass is 10.2. The molecule has 0 bridgehead atoms. The molecule has 3 aromatic rings. The third-order valence-corrected chi connectivity index (χ3v) is 3.68. The van der Waals surface area contributed by atoms with Crippen LogP contribution in [0.2, 0.25) is 0 Å². The van der Waals surface area contributed by atoms with Crippen molar-refractivity contribution in [2.45, 2.75) is 6.18 Å². The Morgan fingerprint density at radius 3 is 2.53 bits per heavy atom. The number of nitrogens with zero attached hydrogens (tertiary/aromatic N) is 4. The zero-order valence-electron chi connectivity index (χ0n) is 14.8. The van der Waals surface area contributed by atoms with Gasteiger partial charge in [-0.1, -0.05) is 6.07 Å².